The number of anilines is 6. The van der Waals surface area contributed by atoms with Crippen LogP contribution < -0.4 is 14.5 Å². The lowest BCUT2D eigenvalue weighted by Gasteiger charge is -2.33. The molecule has 43 heavy (non-hydrogen) atoms. The van der Waals surface area contributed by atoms with Crippen LogP contribution in [-0.2, 0) is 0 Å². The Kier molecular flexibility index (Phi) is 6.12. The quantitative estimate of drug-likeness (QED) is 0.204. The van der Waals surface area contributed by atoms with Crippen LogP contribution in [0.4, 0.5) is 34.1 Å². The molecule has 1 aliphatic heterocycles. The van der Waals surface area contributed by atoms with Gasteiger partial charge in [0, 0.05) is 33.7 Å². The zero-order valence-corrected chi connectivity index (χ0v) is 23.5. The van der Waals surface area contributed by atoms with Crippen molar-refractivity contribution in [3.63, 3.8) is 0 Å². The third kappa shape index (κ3) is 4.30. The van der Waals surface area contributed by atoms with Gasteiger partial charge in [-0.15, -0.1) is 0 Å². The van der Waals surface area contributed by atoms with Crippen LogP contribution in [0.3, 0.4) is 0 Å². The highest BCUT2D eigenvalue weighted by Crippen LogP contribution is 2.56. The third-order valence-corrected chi connectivity index (χ3v) is 8.01. The van der Waals surface area contributed by atoms with Crippen molar-refractivity contribution in [1.29, 1.82) is 0 Å². The molecule has 1 heterocycles. The summed E-state index contributed by atoms with van der Waals surface area (Å²) in [7, 11) is 0. The van der Waals surface area contributed by atoms with E-state index in [9.17, 15) is 0 Å². The minimum Gasteiger partial charge on any atom is -0.452 e. The molecule has 3 heteroatoms. The van der Waals surface area contributed by atoms with Gasteiger partial charge in [0.25, 0.3) is 0 Å². The summed E-state index contributed by atoms with van der Waals surface area (Å²) < 4.78 is 7.18. The lowest BCUT2D eigenvalue weighted by molar-refractivity contribution is 0.489. The van der Waals surface area contributed by atoms with E-state index in [1.54, 1.807) is 0 Å². The molecule has 0 radical (unpaired) electrons. The summed E-state index contributed by atoms with van der Waals surface area (Å²) in [6, 6.07) is 59.3. The van der Waals surface area contributed by atoms with E-state index in [1.165, 1.54) is 5.56 Å². The van der Waals surface area contributed by atoms with E-state index in [4.69, 9.17) is 4.74 Å². The van der Waals surface area contributed by atoms with Crippen molar-refractivity contribution < 1.29 is 4.74 Å². The Morgan fingerprint density at radius 2 is 0.767 bits per heavy atom. The van der Waals surface area contributed by atoms with E-state index in [1.807, 2.05) is 0 Å². The average molecular weight is 553 g/mol. The van der Waals surface area contributed by atoms with E-state index in [2.05, 4.69) is 180 Å². The summed E-state index contributed by atoms with van der Waals surface area (Å²) in [5.74, 6) is 1.69. The molecule has 0 saturated carbocycles. The number of nitrogens with zero attached hydrogens (tertiary/aromatic N) is 2. The van der Waals surface area contributed by atoms with Crippen molar-refractivity contribution in [2.24, 2.45) is 0 Å². The molecule has 0 amide bonds. The molecule has 0 aromatic heterocycles. The van der Waals surface area contributed by atoms with Crippen LogP contribution in [0.1, 0.15) is 0 Å². The molecule has 0 N–H and O–H groups in total. The van der Waals surface area contributed by atoms with Gasteiger partial charge in [-0.3, -0.25) is 0 Å². The van der Waals surface area contributed by atoms with Crippen LogP contribution in [0, 0.1) is 0 Å². The summed E-state index contributed by atoms with van der Waals surface area (Å²) in [5, 5.41) is 2.27. The van der Waals surface area contributed by atoms with Gasteiger partial charge in [-0.05, 0) is 71.6 Å². The average Bonchev–Trinajstić information content (AvgIpc) is 3.08. The fraction of sp³-hybridized carbons (Fsp3) is 0. The van der Waals surface area contributed by atoms with Crippen LogP contribution in [0.2, 0.25) is 0 Å². The Morgan fingerprint density at radius 3 is 1.28 bits per heavy atom. The van der Waals surface area contributed by atoms with E-state index in [0.717, 1.165) is 62.0 Å². The smallest absolute Gasteiger partial charge is 0.160 e. The summed E-state index contributed by atoms with van der Waals surface area (Å²) in [5.41, 5.74) is 8.49. The van der Waals surface area contributed by atoms with Crippen LogP contribution in [0.15, 0.2) is 170 Å². The van der Waals surface area contributed by atoms with Crippen molar-refractivity contribution in [2.45, 2.75) is 0 Å². The van der Waals surface area contributed by atoms with Crippen LogP contribution >= 0.6 is 0 Å². The van der Waals surface area contributed by atoms with Gasteiger partial charge in [0.05, 0.1) is 11.4 Å². The van der Waals surface area contributed by atoms with Crippen molar-refractivity contribution >= 4 is 44.9 Å². The number of fused-ring (bicyclic) bond motifs is 2. The predicted octanol–water partition coefficient (Wildman–Crippen LogP) is 11.6. The monoisotopic (exact) mass is 552 g/mol. The van der Waals surface area contributed by atoms with Gasteiger partial charge in [0.1, 0.15) is 0 Å². The Labute approximate surface area is 251 Å². The second kappa shape index (κ2) is 10.6. The standard InChI is InChI=1S/C40H28N2O/c1-5-16-30(17-6-1)41(31-18-7-2-8-19-31)36-26-14-25-35-34-24-13-15-29-27-28-37(40(38(29)34)43-39(35)36)42(32-20-9-3-10-21-32)33-22-11-4-12-23-33/h1-28H. The molecule has 1 aliphatic rings. The Bertz CT molecular complexity index is 1960. The number of hydrogen-bond donors (Lipinski definition) is 0. The first-order valence-electron chi connectivity index (χ1n) is 14.5. The highest BCUT2D eigenvalue weighted by molar-refractivity contribution is 6.09. The van der Waals surface area contributed by atoms with Crippen molar-refractivity contribution in [3.05, 3.63) is 170 Å². The first-order chi connectivity index (χ1) is 21.4. The number of benzene rings is 7. The summed E-state index contributed by atoms with van der Waals surface area (Å²) in [6.07, 6.45) is 0. The molecule has 3 nitrogen and oxygen atoms in total. The second-order valence-corrected chi connectivity index (χ2v) is 10.6. The molecule has 8 rings (SSSR count). The maximum absolute atomic E-state index is 7.18. The van der Waals surface area contributed by atoms with Crippen molar-refractivity contribution in [3.8, 4) is 22.6 Å². The van der Waals surface area contributed by atoms with E-state index in [0.29, 0.717) is 0 Å². The zero-order valence-electron chi connectivity index (χ0n) is 23.5. The molecule has 0 fully saturated rings. The van der Waals surface area contributed by atoms with Gasteiger partial charge in [-0.2, -0.15) is 0 Å². The molecular formula is C40H28N2O. The van der Waals surface area contributed by atoms with Gasteiger partial charge in [-0.1, -0.05) is 109 Å². The molecule has 0 saturated heterocycles. The SMILES string of the molecule is c1ccc(N(c2ccccc2)c2cccc3c2Oc2c(N(c4ccccc4)c4ccccc4)ccc4cccc-3c24)cc1. The fourth-order valence-electron chi connectivity index (χ4n) is 6.12. The molecule has 0 aliphatic carbocycles. The topological polar surface area (TPSA) is 15.7 Å². The predicted molar refractivity (Wildman–Crippen MR) is 179 cm³/mol. The lowest BCUT2D eigenvalue weighted by Crippen LogP contribution is -2.14. The normalized spacial score (nSPS) is 11.4. The maximum atomic E-state index is 7.18. The Balaban J connectivity index is 1.39. The minimum absolute atomic E-state index is 0.837. The number of ether oxygens (including phenoxy) is 1. The van der Waals surface area contributed by atoms with Gasteiger partial charge in [-0.25, -0.2) is 0 Å². The largest absolute Gasteiger partial charge is 0.452 e. The molecule has 7 aromatic rings. The van der Waals surface area contributed by atoms with Gasteiger partial charge in [0.15, 0.2) is 11.5 Å². The Hall–Kier alpha value is -5.80. The zero-order chi connectivity index (χ0) is 28.6. The molecule has 0 spiro atoms. The molecule has 7 aromatic carbocycles. The van der Waals surface area contributed by atoms with E-state index in [-0.39, 0.29) is 0 Å². The number of para-hydroxylation sites is 5. The molecule has 204 valence electrons. The molecule has 0 bridgehead atoms. The third-order valence-electron chi connectivity index (χ3n) is 8.01. The van der Waals surface area contributed by atoms with Crippen LogP contribution in [0.5, 0.6) is 11.5 Å². The highest BCUT2D eigenvalue weighted by atomic mass is 16.5. The first kappa shape index (κ1) is 25.0. The second-order valence-electron chi connectivity index (χ2n) is 10.6. The van der Waals surface area contributed by atoms with Crippen molar-refractivity contribution in [2.75, 3.05) is 9.80 Å². The number of rotatable bonds is 6. The Morgan fingerprint density at radius 1 is 0.326 bits per heavy atom. The summed E-state index contributed by atoms with van der Waals surface area (Å²) in [6.45, 7) is 0. The van der Waals surface area contributed by atoms with Crippen LogP contribution in [-0.4, -0.2) is 0 Å². The van der Waals surface area contributed by atoms with E-state index >= 15 is 0 Å². The lowest BCUT2D eigenvalue weighted by atomic mass is 9.93. The number of hydrogen-bond acceptors (Lipinski definition) is 3. The highest BCUT2D eigenvalue weighted by Gasteiger charge is 2.29. The van der Waals surface area contributed by atoms with E-state index < -0.39 is 0 Å². The van der Waals surface area contributed by atoms with Gasteiger partial charge < -0.3 is 14.5 Å². The molecule has 0 atom stereocenters. The fourth-order valence-corrected chi connectivity index (χ4v) is 6.12. The summed E-state index contributed by atoms with van der Waals surface area (Å²) >= 11 is 0. The maximum Gasteiger partial charge on any atom is 0.160 e. The minimum atomic E-state index is 0.837. The molecule has 0 unspecified atom stereocenters. The summed E-state index contributed by atoms with van der Waals surface area (Å²) in [4.78, 5) is 4.56. The van der Waals surface area contributed by atoms with Crippen LogP contribution in [0.25, 0.3) is 21.9 Å². The van der Waals surface area contributed by atoms with Crippen molar-refractivity contribution in [1.82, 2.24) is 0 Å². The van der Waals surface area contributed by atoms with Gasteiger partial charge in [0.2, 0.25) is 0 Å². The molecular weight excluding hydrogens is 524 g/mol. The first-order valence-corrected chi connectivity index (χ1v) is 14.5. The van der Waals surface area contributed by atoms with Gasteiger partial charge >= 0.3 is 0 Å².